The van der Waals surface area contributed by atoms with E-state index < -0.39 is 17.8 Å². The van der Waals surface area contributed by atoms with Crippen molar-refractivity contribution in [3.05, 3.63) is 59.1 Å². The van der Waals surface area contributed by atoms with Crippen LogP contribution >= 0.6 is 0 Å². The summed E-state index contributed by atoms with van der Waals surface area (Å²) in [5, 5.41) is 16.3. The molecule has 0 aliphatic carbocycles. The number of benzene rings is 1. The molecule has 0 unspecified atom stereocenters. The molecular formula is C25H28F3N5O2. The Balaban J connectivity index is 2.11. The normalized spacial score (nSPS) is 12.1. The molecule has 2 N–H and O–H groups in total. The van der Waals surface area contributed by atoms with E-state index in [1.54, 1.807) is 43.5 Å². The zero-order valence-electron chi connectivity index (χ0n) is 19.9. The molecule has 0 fully saturated rings. The van der Waals surface area contributed by atoms with Gasteiger partial charge in [0.2, 0.25) is 5.95 Å². The zero-order chi connectivity index (χ0) is 25.6. The maximum absolute atomic E-state index is 13.3. The molecule has 0 radical (unpaired) electrons. The first-order valence-electron chi connectivity index (χ1n) is 11.4. The first kappa shape index (κ1) is 25.9. The molecule has 0 aliphatic rings. The molecular weight excluding hydrogens is 459 g/mol. The van der Waals surface area contributed by atoms with Gasteiger partial charge in [0.25, 0.3) is 0 Å². The minimum atomic E-state index is -4.59. The Hall–Kier alpha value is -3.69. The number of aryl methyl sites for hydroxylation is 1. The van der Waals surface area contributed by atoms with E-state index in [0.717, 1.165) is 30.0 Å². The maximum Gasteiger partial charge on any atom is 0.435 e. The monoisotopic (exact) mass is 487 g/mol. The van der Waals surface area contributed by atoms with E-state index in [1.807, 2.05) is 0 Å². The van der Waals surface area contributed by atoms with Crippen molar-refractivity contribution < 1.29 is 23.1 Å². The molecule has 0 spiro atoms. The van der Waals surface area contributed by atoms with Gasteiger partial charge in [0.05, 0.1) is 0 Å². The largest absolute Gasteiger partial charge is 0.478 e. The second kappa shape index (κ2) is 11.2. The van der Waals surface area contributed by atoms with Gasteiger partial charge in [0, 0.05) is 29.6 Å². The van der Waals surface area contributed by atoms with Gasteiger partial charge >= 0.3 is 12.1 Å². The van der Waals surface area contributed by atoms with E-state index >= 15 is 0 Å². The van der Waals surface area contributed by atoms with E-state index in [4.69, 9.17) is 0 Å². The van der Waals surface area contributed by atoms with Crippen LogP contribution in [-0.4, -0.2) is 37.4 Å². The number of hydrogen-bond donors (Lipinski definition) is 2. The highest BCUT2D eigenvalue weighted by molar-refractivity contribution is 5.92. The number of nitrogens with zero attached hydrogens (tertiary/aromatic N) is 4. The molecule has 35 heavy (non-hydrogen) atoms. The second-order valence-corrected chi connectivity index (χ2v) is 8.10. The van der Waals surface area contributed by atoms with E-state index in [2.05, 4.69) is 27.3 Å². The minimum absolute atomic E-state index is 0.195. The highest BCUT2D eigenvalue weighted by Crippen LogP contribution is 2.32. The van der Waals surface area contributed by atoms with Gasteiger partial charge in [-0.05, 0) is 49.1 Å². The van der Waals surface area contributed by atoms with Gasteiger partial charge in [-0.2, -0.15) is 23.3 Å². The number of rotatable bonds is 10. The molecule has 0 aliphatic heterocycles. The number of halogens is 3. The van der Waals surface area contributed by atoms with Crippen LogP contribution in [0.25, 0.3) is 23.0 Å². The van der Waals surface area contributed by atoms with Crippen LogP contribution in [0.2, 0.25) is 0 Å². The van der Waals surface area contributed by atoms with Crippen LogP contribution in [0.5, 0.6) is 0 Å². The number of anilines is 1. The van der Waals surface area contributed by atoms with Crippen LogP contribution in [0.15, 0.2) is 42.1 Å². The summed E-state index contributed by atoms with van der Waals surface area (Å²) in [5.74, 6) is -0.521. The topological polar surface area (TPSA) is 92.9 Å². The van der Waals surface area contributed by atoms with Crippen LogP contribution in [-0.2, 0) is 11.0 Å². The van der Waals surface area contributed by atoms with E-state index in [1.165, 1.54) is 6.92 Å². The van der Waals surface area contributed by atoms with Crippen molar-refractivity contribution in [2.45, 2.75) is 52.6 Å². The van der Waals surface area contributed by atoms with Crippen LogP contribution < -0.4 is 5.32 Å². The molecule has 0 saturated carbocycles. The Kier molecular flexibility index (Phi) is 8.26. The van der Waals surface area contributed by atoms with Crippen molar-refractivity contribution in [1.82, 2.24) is 19.7 Å². The molecule has 3 rings (SSSR count). The number of unbranched alkanes of at least 4 members (excludes halogenated alkanes) is 2. The molecule has 0 bridgehead atoms. The fraction of sp³-hybridized carbons (Fsp3) is 0.360. The molecule has 0 atom stereocenters. The Morgan fingerprint density at radius 1 is 1.20 bits per heavy atom. The lowest BCUT2D eigenvalue weighted by Crippen LogP contribution is -2.12. The Labute approximate surface area is 201 Å². The summed E-state index contributed by atoms with van der Waals surface area (Å²) < 4.78 is 41.2. The average molecular weight is 488 g/mol. The Morgan fingerprint density at radius 3 is 2.60 bits per heavy atom. The van der Waals surface area contributed by atoms with Gasteiger partial charge in [-0.15, -0.1) is 0 Å². The van der Waals surface area contributed by atoms with Crippen molar-refractivity contribution in [3.8, 4) is 16.9 Å². The summed E-state index contributed by atoms with van der Waals surface area (Å²) >= 11 is 0. The van der Waals surface area contributed by atoms with Crippen molar-refractivity contribution in [3.63, 3.8) is 0 Å². The fourth-order valence-electron chi connectivity index (χ4n) is 3.54. The molecule has 186 valence electrons. The first-order valence-corrected chi connectivity index (χ1v) is 11.4. The van der Waals surface area contributed by atoms with Crippen LogP contribution in [0.4, 0.5) is 19.1 Å². The van der Waals surface area contributed by atoms with Gasteiger partial charge in [-0.1, -0.05) is 44.9 Å². The predicted octanol–water partition coefficient (Wildman–Crippen LogP) is 6.14. The molecule has 0 amide bonds. The smallest absolute Gasteiger partial charge is 0.435 e. The zero-order valence-corrected chi connectivity index (χ0v) is 19.9. The van der Waals surface area contributed by atoms with Crippen molar-refractivity contribution in [2.24, 2.45) is 0 Å². The lowest BCUT2D eigenvalue weighted by Gasteiger charge is -2.13. The number of alkyl halides is 3. The third kappa shape index (κ3) is 6.46. The number of aliphatic carboxylic acids is 1. The first-order chi connectivity index (χ1) is 16.6. The third-order valence-corrected chi connectivity index (χ3v) is 5.40. The quantitative estimate of drug-likeness (QED) is 0.264. The molecule has 7 nitrogen and oxygen atoms in total. The second-order valence-electron chi connectivity index (χ2n) is 8.10. The fourth-order valence-corrected chi connectivity index (χ4v) is 3.54. The standard InChI is InChI=1S/C25H28F3N5O2/c1-4-6-7-11-29-24-30-15-20(19-10-8-9-17(14-19)13-18(5-2)23(34)35)22(31-24)33-16(3)12-21(32-33)25(26,27)28/h8-10,12-15H,4-7,11H2,1-3H3,(H,34,35)(H,29,30,31). The van der Waals surface area contributed by atoms with E-state index in [9.17, 15) is 23.1 Å². The SMILES string of the molecule is CCCCCNc1ncc(-c2cccc(C=C(CC)C(=O)O)c2)c(-n2nc(C(F)(F)F)cc2C)n1. The lowest BCUT2D eigenvalue weighted by molar-refractivity contribution is -0.141. The van der Waals surface area contributed by atoms with Crippen molar-refractivity contribution in [2.75, 3.05) is 11.9 Å². The molecule has 0 saturated heterocycles. The van der Waals surface area contributed by atoms with Crippen molar-refractivity contribution >= 4 is 18.0 Å². The van der Waals surface area contributed by atoms with Gasteiger partial charge in [0.15, 0.2) is 11.5 Å². The van der Waals surface area contributed by atoms with Crippen LogP contribution in [0, 0.1) is 6.92 Å². The lowest BCUT2D eigenvalue weighted by atomic mass is 10.0. The number of carboxylic acid groups (broad SMARTS) is 1. The van der Waals surface area contributed by atoms with Crippen LogP contribution in [0.1, 0.15) is 56.5 Å². The predicted molar refractivity (Wildman–Crippen MR) is 128 cm³/mol. The van der Waals surface area contributed by atoms with Crippen LogP contribution in [0.3, 0.4) is 0 Å². The molecule has 2 heterocycles. The van der Waals surface area contributed by atoms with E-state index in [-0.39, 0.29) is 17.1 Å². The highest BCUT2D eigenvalue weighted by atomic mass is 19.4. The average Bonchev–Trinajstić information content (AvgIpc) is 3.22. The van der Waals surface area contributed by atoms with Gasteiger partial charge < -0.3 is 10.4 Å². The summed E-state index contributed by atoms with van der Waals surface area (Å²) in [6.07, 6.45) is 1.85. The highest BCUT2D eigenvalue weighted by Gasteiger charge is 2.35. The molecule has 10 heteroatoms. The third-order valence-electron chi connectivity index (χ3n) is 5.40. The molecule has 2 aromatic heterocycles. The molecule has 3 aromatic rings. The van der Waals surface area contributed by atoms with Gasteiger partial charge in [0.1, 0.15) is 0 Å². The van der Waals surface area contributed by atoms with Crippen molar-refractivity contribution in [1.29, 1.82) is 0 Å². The minimum Gasteiger partial charge on any atom is -0.478 e. The van der Waals surface area contributed by atoms with E-state index in [0.29, 0.717) is 35.6 Å². The number of aromatic nitrogens is 4. The molecule has 1 aromatic carbocycles. The summed E-state index contributed by atoms with van der Waals surface area (Å²) in [7, 11) is 0. The number of carboxylic acids is 1. The summed E-state index contributed by atoms with van der Waals surface area (Å²) in [6, 6.07) is 7.99. The maximum atomic E-state index is 13.3. The van der Waals surface area contributed by atoms with Gasteiger partial charge in [-0.25, -0.2) is 14.5 Å². The summed E-state index contributed by atoms with van der Waals surface area (Å²) in [6.45, 7) is 6.00. The summed E-state index contributed by atoms with van der Waals surface area (Å²) in [5.41, 5.74) is 1.22. The Morgan fingerprint density at radius 2 is 1.97 bits per heavy atom. The number of carbonyl (C=O) groups is 1. The number of nitrogens with one attached hydrogen (secondary N) is 1. The summed E-state index contributed by atoms with van der Waals surface area (Å²) in [4.78, 5) is 20.3. The Bertz CT molecular complexity index is 1220. The van der Waals surface area contributed by atoms with Gasteiger partial charge in [-0.3, -0.25) is 0 Å². The number of hydrogen-bond acceptors (Lipinski definition) is 5.